The summed E-state index contributed by atoms with van der Waals surface area (Å²) >= 11 is 6.09. The van der Waals surface area contributed by atoms with Crippen LogP contribution in [0.4, 0.5) is 16.0 Å². The van der Waals surface area contributed by atoms with Crippen molar-refractivity contribution < 1.29 is 4.39 Å². The highest BCUT2D eigenvalue weighted by molar-refractivity contribution is 6.31. The van der Waals surface area contributed by atoms with Gasteiger partial charge in [0, 0.05) is 34.5 Å². The highest BCUT2D eigenvalue weighted by Crippen LogP contribution is 2.41. The third-order valence-corrected chi connectivity index (χ3v) is 6.02. The summed E-state index contributed by atoms with van der Waals surface area (Å²) in [5.74, 6) is 0.213. The number of anilines is 1. The second-order valence-electron chi connectivity index (χ2n) is 7.83. The Hall–Kier alpha value is -3.43. The molecule has 1 unspecified atom stereocenters. The highest BCUT2D eigenvalue weighted by atomic mass is 35.5. The van der Waals surface area contributed by atoms with Crippen molar-refractivity contribution in [3.8, 4) is 0 Å². The van der Waals surface area contributed by atoms with Gasteiger partial charge < -0.3 is 9.88 Å². The second-order valence-corrected chi connectivity index (χ2v) is 8.24. The monoisotopic (exact) mass is 431 g/mol. The maximum atomic E-state index is 14.1. The summed E-state index contributed by atoms with van der Waals surface area (Å²) in [6.07, 6.45) is 0.754. The number of benzene rings is 2. The normalized spacial score (nSPS) is 15.7. The molecule has 0 fully saturated rings. The van der Waals surface area contributed by atoms with Crippen molar-refractivity contribution in [2.75, 3.05) is 11.4 Å². The summed E-state index contributed by atoms with van der Waals surface area (Å²) < 4.78 is 14.1. The third kappa shape index (κ3) is 3.31. The molecule has 31 heavy (non-hydrogen) atoms. The van der Waals surface area contributed by atoms with E-state index >= 15 is 0 Å². The van der Waals surface area contributed by atoms with Crippen LogP contribution in [0, 0.1) is 26.2 Å². The van der Waals surface area contributed by atoms with E-state index in [-0.39, 0.29) is 11.1 Å². The van der Waals surface area contributed by atoms with E-state index in [9.17, 15) is 4.39 Å². The van der Waals surface area contributed by atoms with E-state index < -0.39 is 5.82 Å². The quantitative estimate of drug-likeness (QED) is 0.392. The van der Waals surface area contributed by atoms with Crippen LogP contribution in [0.15, 0.2) is 42.5 Å². The molecule has 2 aromatic heterocycles. The zero-order valence-electron chi connectivity index (χ0n) is 17.1. The van der Waals surface area contributed by atoms with Crippen molar-refractivity contribution in [2.45, 2.75) is 26.3 Å². The molecule has 0 aliphatic carbocycles. The first-order valence-corrected chi connectivity index (χ1v) is 10.4. The number of aromatic amines is 1. The van der Waals surface area contributed by atoms with Gasteiger partial charge in [0.15, 0.2) is 5.69 Å². The summed E-state index contributed by atoms with van der Waals surface area (Å²) in [5.41, 5.74) is 6.21. The molecule has 7 heteroatoms. The number of nitrogens with one attached hydrogen (secondary N) is 1. The Morgan fingerprint density at radius 1 is 1.13 bits per heavy atom. The molecular weight excluding hydrogens is 413 g/mol. The molecule has 0 saturated heterocycles. The zero-order chi connectivity index (χ0) is 21.7. The van der Waals surface area contributed by atoms with Gasteiger partial charge in [-0.05, 0) is 49.6 Å². The summed E-state index contributed by atoms with van der Waals surface area (Å²) in [6.45, 7) is 11.9. The van der Waals surface area contributed by atoms with E-state index in [1.165, 1.54) is 6.07 Å². The smallest absolute Gasteiger partial charge is 0.226 e. The average molecular weight is 432 g/mol. The fourth-order valence-corrected chi connectivity index (χ4v) is 4.58. The molecule has 1 atom stereocenters. The Morgan fingerprint density at radius 2 is 1.84 bits per heavy atom. The number of hydrogen-bond donors (Lipinski definition) is 1. The summed E-state index contributed by atoms with van der Waals surface area (Å²) in [7, 11) is 0. The molecule has 0 radical (unpaired) electrons. The molecule has 0 amide bonds. The van der Waals surface area contributed by atoms with Gasteiger partial charge in [-0.25, -0.2) is 19.2 Å². The number of hydrogen-bond acceptors (Lipinski definition) is 3. The fourth-order valence-electron chi connectivity index (χ4n) is 4.41. The first-order chi connectivity index (χ1) is 14.9. The predicted molar refractivity (Wildman–Crippen MR) is 120 cm³/mol. The molecular formula is C24H19ClFN5. The zero-order valence-corrected chi connectivity index (χ0v) is 17.8. The molecule has 4 aromatic rings. The van der Waals surface area contributed by atoms with Crippen molar-refractivity contribution >= 4 is 34.1 Å². The molecule has 1 aliphatic heterocycles. The van der Waals surface area contributed by atoms with Gasteiger partial charge in [-0.15, -0.1) is 0 Å². The van der Waals surface area contributed by atoms with E-state index in [2.05, 4.69) is 14.7 Å². The molecule has 0 bridgehead atoms. The van der Waals surface area contributed by atoms with Crippen LogP contribution in [0.5, 0.6) is 0 Å². The summed E-state index contributed by atoms with van der Waals surface area (Å²) in [4.78, 5) is 18.5. The van der Waals surface area contributed by atoms with Crippen molar-refractivity contribution in [3.05, 3.63) is 92.9 Å². The predicted octanol–water partition coefficient (Wildman–Crippen LogP) is 6.07. The average Bonchev–Trinajstić information content (AvgIpc) is 3.10. The lowest BCUT2D eigenvalue weighted by molar-refractivity contribution is 0.624. The van der Waals surface area contributed by atoms with E-state index in [4.69, 9.17) is 28.1 Å². The molecule has 0 spiro atoms. The van der Waals surface area contributed by atoms with Gasteiger partial charge in [0.2, 0.25) is 5.95 Å². The van der Waals surface area contributed by atoms with Crippen LogP contribution < -0.4 is 4.90 Å². The van der Waals surface area contributed by atoms with Gasteiger partial charge in [0.05, 0.1) is 17.6 Å². The van der Waals surface area contributed by atoms with E-state index in [0.29, 0.717) is 18.2 Å². The van der Waals surface area contributed by atoms with Crippen LogP contribution in [-0.4, -0.2) is 21.5 Å². The van der Waals surface area contributed by atoms with Crippen molar-refractivity contribution in [2.24, 2.45) is 0 Å². The summed E-state index contributed by atoms with van der Waals surface area (Å²) in [5, 5.41) is 1.05. The SMILES string of the molecule is [C-]#[N+]c1ccc(C2c3[nH]c4cc(F)c(Cl)cc4c3CCN2c2nc(C)cc(C)n2)cc1. The van der Waals surface area contributed by atoms with Crippen LogP contribution in [0.2, 0.25) is 5.02 Å². The van der Waals surface area contributed by atoms with Gasteiger partial charge in [-0.1, -0.05) is 35.9 Å². The number of rotatable bonds is 2. The number of aryl methyl sites for hydroxylation is 2. The van der Waals surface area contributed by atoms with Gasteiger partial charge >= 0.3 is 0 Å². The van der Waals surface area contributed by atoms with Crippen LogP contribution >= 0.6 is 11.6 Å². The van der Waals surface area contributed by atoms with Gasteiger partial charge in [0.1, 0.15) is 5.82 Å². The van der Waals surface area contributed by atoms with Gasteiger partial charge in [0.25, 0.3) is 0 Å². The minimum atomic E-state index is -0.444. The lowest BCUT2D eigenvalue weighted by Gasteiger charge is -2.36. The molecule has 5 rings (SSSR count). The lowest BCUT2D eigenvalue weighted by Crippen LogP contribution is -2.37. The molecule has 154 valence electrons. The topological polar surface area (TPSA) is 49.2 Å². The Balaban J connectivity index is 1.73. The van der Waals surface area contributed by atoms with Crippen LogP contribution in [0.1, 0.15) is 34.3 Å². The van der Waals surface area contributed by atoms with Crippen molar-refractivity contribution in [3.63, 3.8) is 0 Å². The van der Waals surface area contributed by atoms with Gasteiger partial charge in [-0.2, -0.15) is 0 Å². The number of halogens is 2. The summed E-state index contributed by atoms with van der Waals surface area (Å²) in [6, 6.07) is 12.5. The number of aromatic nitrogens is 3. The Bertz CT molecular complexity index is 1330. The van der Waals surface area contributed by atoms with E-state index in [1.54, 1.807) is 6.07 Å². The largest absolute Gasteiger partial charge is 0.356 e. The molecule has 1 N–H and O–H groups in total. The van der Waals surface area contributed by atoms with Crippen molar-refractivity contribution in [1.29, 1.82) is 0 Å². The highest BCUT2D eigenvalue weighted by Gasteiger charge is 2.33. The maximum Gasteiger partial charge on any atom is 0.226 e. The molecule has 5 nitrogen and oxygen atoms in total. The van der Waals surface area contributed by atoms with Crippen molar-refractivity contribution in [1.82, 2.24) is 15.0 Å². The van der Waals surface area contributed by atoms with Crippen LogP contribution in [-0.2, 0) is 6.42 Å². The van der Waals surface area contributed by atoms with Crippen LogP contribution in [0.25, 0.3) is 15.7 Å². The minimum absolute atomic E-state index is 0.118. The van der Waals surface area contributed by atoms with Crippen LogP contribution in [0.3, 0.4) is 0 Å². The Morgan fingerprint density at radius 3 is 2.52 bits per heavy atom. The van der Waals surface area contributed by atoms with Gasteiger partial charge in [-0.3, -0.25) is 0 Å². The van der Waals surface area contributed by atoms with E-state index in [1.807, 2.05) is 44.2 Å². The standard InChI is InChI=1S/C24H19ClFN5/c1-13-10-14(2)29-24(28-13)31-9-8-17-18-11-19(25)20(26)12-21(18)30-22(17)23(31)15-4-6-16(27-3)7-5-15/h4-7,10-12,23,30H,8-9H2,1-2H3. The number of fused-ring (bicyclic) bond motifs is 3. The third-order valence-electron chi connectivity index (χ3n) is 5.73. The fraction of sp³-hybridized carbons (Fsp3) is 0.208. The Labute approximate surface area is 184 Å². The Kier molecular flexibility index (Phi) is 4.64. The molecule has 0 saturated carbocycles. The maximum absolute atomic E-state index is 14.1. The minimum Gasteiger partial charge on any atom is -0.356 e. The molecule has 3 heterocycles. The number of nitrogens with zero attached hydrogens (tertiary/aromatic N) is 4. The second kappa shape index (κ2) is 7.36. The van der Waals surface area contributed by atoms with E-state index in [0.717, 1.165) is 45.5 Å². The first-order valence-electron chi connectivity index (χ1n) is 10.0. The lowest BCUT2D eigenvalue weighted by atomic mass is 9.92. The molecule has 2 aromatic carbocycles. The number of H-pyrrole nitrogens is 1. The first kappa shape index (κ1) is 19.5. The molecule has 1 aliphatic rings.